The lowest BCUT2D eigenvalue weighted by molar-refractivity contribution is 0.231. The number of aliphatic hydroxyl groups excluding tert-OH is 1. The zero-order valence-corrected chi connectivity index (χ0v) is 13.1. The van der Waals surface area contributed by atoms with Gasteiger partial charge in [0.15, 0.2) is 0 Å². The van der Waals surface area contributed by atoms with Crippen LogP contribution in [0.5, 0.6) is 0 Å². The van der Waals surface area contributed by atoms with E-state index in [-0.39, 0.29) is 18.5 Å². The van der Waals surface area contributed by atoms with E-state index in [2.05, 4.69) is 40.0 Å². The summed E-state index contributed by atoms with van der Waals surface area (Å²) in [7, 11) is 0. The Morgan fingerprint density at radius 1 is 1.37 bits per heavy atom. The Morgan fingerprint density at radius 3 is 2.58 bits per heavy atom. The van der Waals surface area contributed by atoms with Crippen molar-refractivity contribution in [1.82, 2.24) is 10.2 Å². The summed E-state index contributed by atoms with van der Waals surface area (Å²) in [5.41, 5.74) is 0.505. The van der Waals surface area contributed by atoms with Gasteiger partial charge in [-0.15, -0.1) is 0 Å². The molecule has 1 unspecified atom stereocenters. The highest BCUT2D eigenvalue weighted by Crippen LogP contribution is 2.20. The van der Waals surface area contributed by atoms with E-state index in [4.69, 9.17) is 0 Å². The van der Waals surface area contributed by atoms with Crippen LogP contribution in [0.25, 0.3) is 0 Å². The molecule has 2 N–H and O–H groups in total. The molecule has 0 aliphatic carbocycles. The monoisotopic (exact) mass is 332 g/mol. The molecule has 3 nitrogen and oxygen atoms in total. The van der Waals surface area contributed by atoms with E-state index in [1.54, 1.807) is 12.1 Å². The number of nitrogens with zero attached hydrogens (tertiary/aromatic N) is 1. The van der Waals surface area contributed by atoms with Crippen molar-refractivity contribution in [1.29, 1.82) is 0 Å². The topological polar surface area (TPSA) is 35.5 Å². The predicted octanol–water partition coefficient (Wildman–Crippen LogP) is 2.55. The summed E-state index contributed by atoms with van der Waals surface area (Å²) in [5, 5.41) is 12.6. The maximum atomic E-state index is 13.8. The fraction of sp³-hybridized carbons (Fsp3) is 0.571. The highest BCUT2D eigenvalue weighted by atomic mass is 79.9. The number of benzene rings is 1. The Kier molecular flexibility index (Phi) is 7.53. The van der Waals surface area contributed by atoms with Gasteiger partial charge in [0.1, 0.15) is 5.82 Å². The normalized spacial score (nSPS) is 12.9. The molecule has 5 heteroatoms. The first-order valence-corrected chi connectivity index (χ1v) is 7.43. The second-order valence-corrected chi connectivity index (χ2v) is 5.30. The van der Waals surface area contributed by atoms with E-state index in [9.17, 15) is 9.50 Å². The molecular weight excluding hydrogens is 311 g/mol. The van der Waals surface area contributed by atoms with E-state index >= 15 is 0 Å². The van der Waals surface area contributed by atoms with Crippen LogP contribution in [0.2, 0.25) is 0 Å². The van der Waals surface area contributed by atoms with Crippen molar-refractivity contribution in [2.45, 2.75) is 19.9 Å². The average molecular weight is 333 g/mol. The molecule has 0 aromatic heterocycles. The molecule has 0 spiro atoms. The lowest BCUT2D eigenvalue weighted by Crippen LogP contribution is -2.35. The molecule has 1 atom stereocenters. The van der Waals surface area contributed by atoms with Crippen LogP contribution in [0, 0.1) is 5.82 Å². The Balaban J connectivity index is 2.58. The summed E-state index contributed by atoms with van der Waals surface area (Å²) < 4.78 is 14.5. The number of halogens is 2. The first kappa shape index (κ1) is 16.6. The number of hydrogen-bond donors (Lipinski definition) is 2. The van der Waals surface area contributed by atoms with Crippen LogP contribution in [0.4, 0.5) is 4.39 Å². The predicted molar refractivity (Wildman–Crippen MR) is 79.7 cm³/mol. The Bertz CT molecular complexity index is 386. The van der Waals surface area contributed by atoms with E-state index < -0.39 is 0 Å². The number of nitrogens with one attached hydrogen (secondary N) is 1. The maximum Gasteiger partial charge on any atom is 0.129 e. The number of hydrogen-bond acceptors (Lipinski definition) is 3. The Morgan fingerprint density at radius 2 is 2.05 bits per heavy atom. The number of likely N-dealkylation sites (N-methyl/N-ethyl adjacent to an activating group) is 1. The van der Waals surface area contributed by atoms with Crippen LogP contribution in [0.15, 0.2) is 22.7 Å². The second kappa shape index (κ2) is 8.64. The van der Waals surface area contributed by atoms with Crippen molar-refractivity contribution in [3.63, 3.8) is 0 Å². The van der Waals surface area contributed by atoms with Gasteiger partial charge in [-0.05, 0) is 25.2 Å². The zero-order valence-electron chi connectivity index (χ0n) is 11.5. The highest BCUT2D eigenvalue weighted by Gasteiger charge is 2.14. The Labute approximate surface area is 122 Å². The van der Waals surface area contributed by atoms with Crippen molar-refractivity contribution in [3.8, 4) is 0 Å². The largest absolute Gasteiger partial charge is 0.394 e. The molecule has 19 heavy (non-hydrogen) atoms. The molecule has 108 valence electrons. The smallest absolute Gasteiger partial charge is 0.129 e. The molecule has 0 radical (unpaired) electrons. The minimum absolute atomic E-state index is 0.114. The standard InChI is InChI=1S/C14H22BrFN2O/c1-3-18(4-2)8-7-17-14(10-19)12-6-5-11(15)9-13(12)16/h5-6,9,14,17,19H,3-4,7-8,10H2,1-2H3. The zero-order chi connectivity index (χ0) is 14.3. The molecule has 0 fully saturated rings. The molecule has 0 saturated carbocycles. The van der Waals surface area contributed by atoms with Gasteiger partial charge in [-0.1, -0.05) is 35.8 Å². The van der Waals surface area contributed by atoms with Crippen molar-refractivity contribution < 1.29 is 9.50 Å². The van der Waals surface area contributed by atoms with Crippen molar-refractivity contribution in [3.05, 3.63) is 34.1 Å². The van der Waals surface area contributed by atoms with Crippen LogP contribution >= 0.6 is 15.9 Å². The molecule has 0 saturated heterocycles. The Hall–Kier alpha value is -0.490. The van der Waals surface area contributed by atoms with Crippen LogP contribution in [-0.4, -0.2) is 42.8 Å². The third-order valence-electron chi connectivity index (χ3n) is 3.23. The third kappa shape index (κ3) is 5.18. The van der Waals surface area contributed by atoms with Crippen LogP contribution < -0.4 is 5.32 Å². The molecule has 0 bridgehead atoms. The maximum absolute atomic E-state index is 13.8. The summed E-state index contributed by atoms with van der Waals surface area (Å²) in [6, 6.07) is 4.55. The van der Waals surface area contributed by atoms with Gasteiger partial charge >= 0.3 is 0 Å². The summed E-state index contributed by atoms with van der Waals surface area (Å²) in [4.78, 5) is 2.28. The van der Waals surface area contributed by atoms with Gasteiger partial charge < -0.3 is 15.3 Å². The first-order chi connectivity index (χ1) is 9.12. The molecule has 1 rings (SSSR count). The third-order valence-corrected chi connectivity index (χ3v) is 3.73. The summed E-state index contributed by atoms with van der Waals surface area (Å²) in [6.07, 6.45) is 0. The number of rotatable bonds is 8. The minimum atomic E-state index is -0.358. The minimum Gasteiger partial charge on any atom is -0.394 e. The summed E-state index contributed by atoms with van der Waals surface area (Å²) in [6.45, 7) is 7.72. The van der Waals surface area contributed by atoms with Gasteiger partial charge in [0.25, 0.3) is 0 Å². The van der Waals surface area contributed by atoms with Gasteiger partial charge in [0.05, 0.1) is 12.6 Å². The van der Waals surface area contributed by atoms with Gasteiger partial charge in [-0.25, -0.2) is 4.39 Å². The van der Waals surface area contributed by atoms with Gasteiger partial charge in [0.2, 0.25) is 0 Å². The SMILES string of the molecule is CCN(CC)CCNC(CO)c1ccc(Br)cc1F. The molecule has 1 aromatic rings. The fourth-order valence-corrected chi connectivity index (χ4v) is 2.33. The van der Waals surface area contributed by atoms with E-state index in [1.165, 1.54) is 6.07 Å². The van der Waals surface area contributed by atoms with Crippen molar-refractivity contribution in [2.24, 2.45) is 0 Å². The number of aliphatic hydroxyl groups is 1. The average Bonchev–Trinajstić information content (AvgIpc) is 2.40. The molecule has 1 aromatic carbocycles. The molecule has 0 aliphatic rings. The quantitative estimate of drug-likeness (QED) is 0.768. The second-order valence-electron chi connectivity index (χ2n) is 4.38. The lowest BCUT2D eigenvalue weighted by atomic mass is 10.1. The molecule has 0 aliphatic heterocycles. The van der Waals surface area contributed by atoms with Gasteiger partial charge in [-0.2, -0.15) is 0 Å². The summed E-state index contributed by atoms with van der Waals surface area (Å²) in [5.74, 6) is -0.302. The van der Waals surface area contributed by atoms with Crippen LogP contribution in [-0.2, 0) is 0 Å². The van der Waals surface area contributed by atoms with Crippen molar-refractivity contribution in [2.75, 3.05) is 32.8 Å². The summed E-state index contributed by atoms with van der Waals surface area (Å²) >= 11 is 3.23. The molecule has 0 amide bonds. The van der Waals surface area contributed by atoms with Crippen LogP contribution in [0.3, 0.4) is 0 Å². The van der Waals surface area contributed by atoms with Gasteiger partial charge in [-0.3, -0.25) is 0 Å². The molecule has 0 heterocycles. The molecular formula is C14H22BrFN2O. The highest BCUT2D eigenvalue weighted by molar-refractivity contribution is 9.10. The van der Waals surface area contributed by atoms with E-state index in [1.807, 2.05) is 0 Å². The van der Waals surface area contributed by atoms with Crippen LogP contribution in [0.1, 0.15) is 25.5 Å². The van der Waals surface area contributed by atoms with Crippen molar-refractivity contribution >= 4 is 15.9 Å². The van der Waals surface area contributed by atoms with E-state index in [0.717, 1.165) is 26.2 Å². The fourth-order valence-electron chi connectivity index (χ4n) is 1.99. The first-order valence-electron chi connectivity index (χ1n) is 6.63. The van der Waals surface area contributed by atoms with Gasteiger partial charge in [0, 0.05) is 23.1 Å². The van der Waals surface area contributed by atoms with E-state index in [0.29, 0.717) is 10.0 Å². The lowest BCUT2D eigenvalue weighted by Gasteiger charge is -2.22.